The van der Waals surface area contributed by atoms with Gasteiger partial charge < -0.3 is 14.7 Å². The molecule has 0 radical (unpaired) electrons. The molecule has 0 spiro atoms. The lowest BCUT2D eigenvalue weighted by Crippen LogP contribution is -2.35. The SMILES string of the molecule is CC(C)Oc1nccnc1N1CCC(Cc2ccccc2C(=O)O)CC1. The van der Waals surface area contributed by atoms with Crippen molar-refractivity contribution < 1.29 is 14.6 Å². The van der Waals surface area contributed by atoms with E-state index in [1.807, 2.05) is 26.0 Å². The van der Waals surface area contributed by atoms with E-state index < -0.39 is 5.97 Å². The average Bonchev–Trinajstić information content (AvgIpc) is 2.63. The van der Waals surface area contributed by atoms with Gasteiger partial charge in [0.15, 0.2) is 5.82 Å². The monoisotopic (exact) mass is 355 g/mol. The third kappa shape index (κ3) is 4.31. The van der Waals surface area contributed by atoms with Crippen molar-refractivity contribution in [1.82, 2.24) is 9.97 Å². The lowest BCUT2D eigenvalue weighted by Gasteiger charge is -2.33. The quantitative estimate of drug-likeness (QED) is 0.856. The van der Waals surface area contributed by atoms with Crippen molar-refractivity contribution in [2.24, 2.45) is 5.92 Å². The Bertz CT molecular complexity index is 755. The molecule has 6 heteroatoms. The smallest absolute Gasteiger partial charge is 0.335 e. The maximum Gasteiger partial charge on any atom is 0.335 e. The van der Waals surface area contributed by atoms with Crippen LogP contribution >= 0.6 is 0 Å². The van der Waals surface area contributed by atoms with Crippen molar-refractivity contribution in [3.63, 3.8) is 0 Å². The first-order chi connectivity index (χ1) is 12.5. The van der Waals surface area contributed by atoms with Crippen molar-refractivity contribution in [2.75, 3.05) is 18.0 Å². The number of hydrogen-bond donors (Lipinski definition) is 1. The number of anilines is 1. The minimum Gasteiger partial charge on any atom is -0.478 e. The Hall–Kier alpha value is -2.63. The summed E-state index contributed by atoms with van der Waals surface area (Å²) in [5.74, 6) is 0.994. The zero-order valence-corrected chi connectivity index (χ0v) is 15.3. The number of carbonyl (C=O) groups is 1. The molecule has 1 aliphatic heterocycles. The lowest BCUT2D eigenvalue weighted by atomic mass is 9.88. The van der Waals surface area contributed by atoms with E-state index in [2.05, 4.69) is 14.9 Å². The molecule has 1 fully saturated rings. The van der Waals surface area contributed by atoms with Crippen LogP contribution in [0.1, 0.15) is 42.6 Å². The number of aromatic nitrogens is 2. The van der Waals surface area contributed by atoms with Crippen molar-refractivity contribution in [3.8, 4) is 5.88 Å². The van der Waals surface area contributed by atoms with Crippen LogP contribution in [0.25, 0.3) is 0 Å². The van der Waals surface area contributed by atoms with Gasteiger partial charge in [-0.05, 0) is 50.7 Å². The molecule has 1 aliphatic rings. The summed E-state index contributed by atoms with van der Waals surface area (Å²) in [5, 5.41) is 9.35. The normalized spacial score (nSPS) is 15.3. The van der Waals surface area contributed by atoms with Crippen LogP contribution in [0.2, 0.25) is 0 Å². The van der Waals surface area contributed by atoms with Crippen LogP contribution in [-0.4, -0.2) is 40.2 Å². The highest BCUT2D eigenvalue weighted by Crippen LogP contribution is 2.30. The molecule has 0 atom stereocenters. The summed E-state index contributed by atoms with van der Waals surface area (Å²) in [4.78, 5) is 22.4. The summed E-state index contributed by atoms with van der Waals surface area (Å²) in [7, 11) is 0. The molecular weight excluding hydrogens is 330 g/mol. The molecule has 0 saturated carbocycles. The molecule has 1 N–H and O–H groups in total. The fraction of sp³-hybridized carbons (Fsp3) is 0.450. The Kier molecular flexibility index (Phi) is 5.71. The van der Waals surface area contributed by atoms with E-state index in [1.54, 1.807) is 24.5 Å². The summed E-state index contributed by atoms with van der Waals surface area (Å²) in [6.07, 6.45) is 6.17. The molecular formula is C20H25N3O3. The van der Waals surface area contributed by atoms with E-state index in [0.29, 0.717) is 17.4 Å². The molecule has 0 bridgehead atoms. The Morgan fingerprint density at radius 2 is 1.92 bits per heavy atom. The third-order valence-corrected chi connectivity index (χ3v) is 4.66. The maximum absolute atomic E-state index is 11.4. The lowest BCUT2D eigenvalue weighted by molar-refractivity contribution is 0.0695. The number of ether oxygens (including phenoxy) is 1. The largest absolute Gasteiger partial charge is 0.478 e. The van der Waals surface area contributed by atoms with Gasteiger partial charge in [-0.2, -0.15) is 0 Å². The summed E-state index contributed by atoms with van der Waals surface area (Å²) in [5.41, 5.74) is 1.33. The molecule has 1 aromatic heterocycles. The third-order valence-electron chi connectivity index (χ3n) is 4.66. The number of benzene rings is 1. The molecule has 0 unspecified atom stereocenters. The zero-order valence-electron chi connectivity index (χ0n) is 15.3. The van der Waals surface area contributed by atoms with E-state index >= 15 is 0 Å². The van der Waals surface area contributed by atoms with E-state index in [9.17, 15) is 9.90 Å². The highest BCUT2D eigenvalue weighted by atomic mass is 16.5. The standard InChI is InChI=1S/C20H25N3O3/c1-14(2)26-19-18(21-9-10-22-19)23-11-7-15(8-12-23)13-16-5-3-4-6-17(16)20(24)25/h3-6,9-10,14-15H,7-8,11-13H2,1-2H3,(H,24,25). The Morgan fingerprint density at radius 3 is 2.62 bits per heavy atom. The molecule has 1 saturated heterocycles. The van der Waals surface area contributed by atoms with Gasteiger partial charge in [-0.15, -0.1) is 0 Å². The van der Waals surface area contributed by atoms with E-state index in [4.69, 9.17) is 4.74 Å². The van der Waals surface area contributed by atoms with Crippen LogP contribution in [0.5, 0.6) is 5.88 Å². The predicted molar refractivity (Wildman–Crippen MR) is 99.8 cm³/mol. The number of nitrogens with zero attached hydrogens (tertiary/aromatic N) is 3. The molecule has 138 valence electrons. The second-order valence-corrected chi connectivity index (χ2v) is 6.95. The molecule has 2 heterocycles. The van der Waals surface area contributed by atoms with Crippen LogP contribution in [0, 0.1) is 5.92 Å². The van der Waals surface area contributed by atoms with Gasteiger partial charge in [0.2, 0.25) is 0 Å². The number of aromatic carboxylic acids is 1. The van der Waals surface area contributed by atoms with Gasteiger partial charge in [0.25, 0.3) is 5.88 Å². The maximum atomic E-state index is 11.4. The van der Waals surface area contributed by atoms with Crippen LogP contribution in [0.4, 0.5) is 5.82 Å². The summed E-state index contributed by atoms with van der Waals surface area (Å²) >= 11 is 0. The van der Waals surface area contributed by atoms with E-state index in [1.165, 1.54) is 0 Å². The molecule has 0 aliphatic carbocycles. The van der Waals surface area contributed by atoms with Gasteiger partial charge in [-0.3, -0.25) is 0 Å². The van der Waals surface area contributed by atoms with E-state index in [-0.39, 0.29) is 6.10 Å². The molecule has 2 aromatic rings. The number of rotatable bonds is 6. The topological polar surface area (TPSA) is 75.6 Å². The molecule has 6 nitrogen and oxygen atoms in total. The second kappa shape index (κ2) is 8.17. The van der Waals surface area contributed by atoms with Crippen molar-refractivity contribution >= 4 is 11.8 Å². The van der Waals surface area contributed by atoms with Crippen molar-refractivity contribution in [2.45, 2.75) is 39.2 Å². The summed E-state index contributed by atoms with van der Waals surface area (Å²) < 4.78 is 5.78. The molecule has 26 heavy (non-hydrogen) atoms. The van der Waals surface area contributed by atoms with E-state index in [0.717, 1.165) is 43.7 Å². The van der Waals surface area contributed by atoms with Gasteiger partial charge in [-0.1, -0.05) is 18.2 Å². The predicted octanol–water partition coefficient (Wildman–Crippen LogP) is 3.42. The summed E-state index contributed by atoms with van der Waals surface area (Å²) in [6.45, 7) is 5.69. The number of carboxylic acids is 1. The van der Waals surface area contributed by atoms with Crippen LogP contribution < -0.4 is 9.64 Å². The number of hydrogen-bond acceptors (Lipinski definition) is 5. The van der Waals surface area contributed by atoms with Crippen LogP contribution in [0.3, 0.4) is 0 Å². The highest BCUT2D eigenvalue weighted by molar-refractivity contribution is 5.89. The summed E-state index contributed by atoms with van der Waals surface area (Å²) in [6, 6.07) is 7.29. The van der Waals surface area contributed by atoms with Crippen molar-refractivity contribution in [3.05, 3.63) is 47.8 Å². The Labute approximate surface area is 153 Å². The van der Waals surface area contributed by atoms with Gasteiger partial charge in [0.05, 0.1) is 11.7 Å². The number of piperidine rings is 1. The zero-order chi connectivity index (χ0) is 18.5. The van der Waals surface area contributed by atoms with Crippen LogP contribution in [0.15, 0.2) is 36.7 Å². The minimum atomic E-state index is -0.854. The first kappa shape index (κ1) is 18.2. The molecule has 1 aromatic carbocycles. The van der Waals surface area contributed by atoms with Crippen LogP contribution in [-0.2, 0) is 6.42 Å². The number of carboxylic acid groups (broad SMARTS) is 1. The first-order valence-electron chi connectivity index (χ1n) is 9.08. The Balaban J connectivity index is 1.65. The van der Waals surface area contributed by atoms with Crippen molar-refractivity contribution in [1.29, 1.82) is 0 Å². The Morgan fingerprint density at radius 1 is 1.23 bits per heavy atom. The minimum absolute atomic E-state index is 0.0514. The molecule has 0 amide bonds. The average molecular weight is 355 g/mol. The van der Waals surface area contributed by atoms with Gasteiger partial charge in [-0.25, -0.2) is 14.8 Å². The fourth-order valence-electron chi connectivity index (χ4n) is 3.41. The first-order valence-corrected chi connectivity index (χ1v) is 9.08. The fourth-order valence-corrected chi connectivity index (χ4v) is 3.41. The van der Waals surface area contributed by atoms with Gasteiger partial charge >= 0.3 is 5.97 Å². The van der Waals surface area contributed by atoms with Gasteiger partial charge in [0, 0.05) is 25.5 Å². The van der Waals surface area contributed by atoms with Gasteiger partial charge in [0.1, 0.15) is 0 Å². The molecule has 3 rings (SSSR count). The second-order valence-electron chi connectivity index (χ2n) is 6.95. The highest BCUT2D eigenvalue weighted by Gasteiger charge is 2.24.